The van der Waals surface area contributed by atoms with Crippen molar-refractivity contribution in [3.8, 4) is 0 Å². The summed E-state index contributed by atoms with van der Waals surface area (Å²) in [6.07, 6.45) is 1.52. The van der Waals surface area contributed by atoms with Gasteiger partial charge in [-0.2, -0.15) is 0 Å². The van der Waals surface area contributed by atoms with Crippen LogP contribution in [0.15, 0.2) is 18.2 Å². The summed E-state index contributed by atoms with van der Waals surface area (Å²) in [5.41, 5.74) is 6.74. The quantitative estimate of drug-likeness (QED) is 0.399. The highest BCUT2D eigenvalue weighted by molar-refractivity contribution is 5.69. The highest BCUT2D eigenvalue weighted by atomic mass is 16.6. The number of rotatable bonds is 6. The molecule has 1 unspecified atom stereocenters. The van der Waals surface area contributed by atoms with Crippen LogP contribution in [-0.4, -0.2) is 22.7 Å². The van der Waals surface area contributed by atoms with E-state index in [1.54, 1.807) is 6.07 Å². The number of aliphatic hydroxyl groups excluding tert-OH is 1. The van der Waals surface area contributed by atoms with E-state index in [1.807, 2.05) is 6.92 Å². The van der Waals surface area contributed by atoms with Gasteiger partial charge in [0, 0.05) is 24.8 Å². The van der Waals surface area contributed by atoms with E-state index in [-0.39, 0.29) is 18.3 Å². The molecule has 0 heterocycles. The lowest BCUT2D eigenvalue weighted by Gasteiger charge is -2.16. The SMILES string of the molecule is CC(CCCO)Nc1ccc([N+](=O)[O-])cc1N. The van der Waals surface area contributed by atoms with Gasteiger partial charge < -0.3 is 16.2 Å². The Labute approximate surface area is 99.6 Å². The molecule has 0 aliphatic heterocycles. The molecule has 1 aromatic carbocycles. The van der Waals surface area contributed by atoms with Crippen molar-refractivity contribution < 1.29 is 10.0 Å². The summed E-state index contributed by atoms with van der Waals surface area (Å²) >= 11 is 0. The second kappa shape index (κ2) is 6.05. The fraction of sp³-hybridized carbons (Fsp3) is 0.455. The molecule has 0 bridgehead atoms. The fourth-order valence-corrected chi connectivity index (χ4v) is 1.53. The van der Waals surface area contributed by atoms with Gasteiger partial charge in [-0.05, 0) is 25.8 Å². The first kappa shape index (κ1) is 13.2. The Morgan fingerprint density at radius 3 is 2.82 bits per heavy atom. The molecule has 0 fully saturated rings. The summed E-state index contributed by atoms with van der Waals surface area (Å²) in [5, 5.41) is 22.4. The highest BCUT2D eigenvalue weighted by Gasteiger charge is 2.10. The molecule has 0 aliphatic rings. The monoisotopic (exact) mass is 239 g/mol. The summed E-state index contributed by atoms with van der Waals surface area (Å²) < 4.78 is 0. The van der Waals surface area contributed by atoms with Crippen LogP contribution in [0, 0.1) is 10.1 Å². The summed E-state index contributed by atoms with van der Waals surface area (Å²) in [6.45, 7) is 2.12. The highest BCUT2D eigenvalue weighted by Crippen LogP contribution is 2.25. The van der Waals surface area contributed by atoms with Crippen LogP contribution in [0.2, 0.25) is 0 Å². The molecule has 6 heteroatoms. The average Bonchev–Trinajstić information content (AvgIpc) is 2.28. The molecule has 0 saturated heterocycles. The first-order valence-electron chi connectivity index (χ1n) is 5.46. The predicted molar refractivity (Wildman–Crippen MR) is 66.9 cm³/mol. The second-order valence-corrected chi connectivity index (χ2v) is 3.94. The maximum atomic E-state index is 10.5. The zero-order valence-electron chi connectivity index (χ0n) is 9.72. The minimum atomic E-state index is -0.477. The normalized spacial score (nSPS) is 12.1. The molecule has 6 nitrogen and oxygen atoms in total. The van der Waals surface area contributed by atoms with Gasteiger partial charge >= 0.3 is 0 Å². The van der Waals surface area contributed by atoms with Crippen molar-refractivity contribution in [3.63, 3.8) is 0 Å². The fourth-order valence-electron chi connectivity index (χ4n) is 1.53. The van der Waals surface area contributed by atoms with Crippen LogP contribution in [0.25, 0.3) is 0 Å². The van der Waals surface area contributed by atoms with Crippen LogP contribution in [0.5, 0.6) is 0 Å². The number of nitrogen functional groups attached to an aromatic ring is 1. The average molecular weight is 239 g/mol. The number of hydrogen-bond donors (Lipinski definition) is 3. The molecular formula is C11H17N3O3. The minimum Gasteiger partial charge on any atom is -0.397 e. The van der Waals surface area contributed by atoms with Gasteiger partial charge in [0.15, 0.2) is 0 Å². The van der Waals surface area contributed by atoms with Crippen LogP contribution in [0.4, 0.5) is 17.1 Å². The van der Waals surface area contributed by atoms with Gasteiger partial charge in [-0.25, -0.2) is 0 Å². The lowest BCUT2D eigenvalue weighted by atomic mass is 10.1. The molecular weight excluding hydrogens is 222 g/mol. The number of nitro groups is 1. The van der Waals surface area contributed by atoms with Crippen molar-refractivity contribution in [1.82, 2.24) is 0 Å². The van der Waals surface area contributed by atoms with Gasteiger partial charge in [-0.1, -0.05) is 0 Å². The molecule has 0 spiro atoms. The molecule has 0 aromatic heterocycles. The number of nitrogens with two attached hydrogens (primary N) is 1. The first-order chi connectivity index (χ1) is 8.04. The number of nitrogens with zero attached hydrogens (tertiary/aromatic N) is 1. The molecule has 0 aliphatic carbocycles. The van der Waals surface area contributed by atoms with Crippen LogP contribution in [0.1, 0.15) is 19.8 Å². The third-order valence-corrected chi connectivity index (χ3v) is 2.44. The molecule has 1 aromatic rings. The van der Waals surface area contributed by atoms with E-state index in [2.05, 4.69) is 5.32 Å². The number of nitro benzene ring substituents is 1. The lowest BCUT2D eigenvalue weighted by molar-refractivity contribution is -0.384. The smallest absolute Gasteiger partial charge is 0.271 e. The van der Waals surface area contributed by atoms with Crippen LogP contribution >= 0.6 is 0 Å². The van der Waals surface area contributed by atoms with Crippen molar-refractivity contribution in [2.45, 2.75) is 25.8 Å². The summed E-state index contributed by atoms with van der Waals surface area (Å²) in [7, 11) is 0. The van der Waals surface area contributed by atoms with Crippen molar-refractivity contribution in [1.29, 1.82) is 0 Å². The molecule has 94 valence electrons. The van der Waals surface area contributed by atoms with E-state index in [0.29, 0.717) is 17.8 Å². The zero-order chi connectivity index (χ0) is 12.8. The van der Waals surface area contributed by atoms with Crippen molar-refractivity contribution >= 4 is 17.1 Å². The van der Waals surface area contributed by atoms with E-state index >= 15 is 0 Å². The Kier molecular flexibility index (Phi) is 4.71. The van der Waals surface area contributed by atoms with Crippen LogP contribution < -0.4 is 11.1 Å². The second-order valence-electron chi connectivity index (χ2n) is 3.94. The molecule has 0 radical (unpaired) electrons. The summed E-state index contributed by atoms with van der Waals surface area (Å²) in [5.74, 6) is 0. The standard InChI is InChI=1S/C11H17N3O3/c1-8(3-2-6-15)13-11-5-4-9(14(16)17)7-10(11)12/h4-5,7-8,13,15H,2-3,6,12H2,1H3. The van der Waals surface area contributed by atoms with E-state index in [0.717, 1.165) is 6.42 Å². The molecule has 0 saturated carbocycles. The first-order valence-corrected chi connectivity index (χ1v) is 5.46. The molecule has 4 N–H and O–H groups in total. The van der Waals surface area contributed by atoms with Gasteiger partial charge in [0.1, 0.15) is 0 Å². The number of anilines is 2. The Bertz CT molecular complexity index is 396. The topological polar surface area (TPSA) is 101 Å². The summed E-state index contributed by atoms with van der Waals surface area (Å²) in [4.78, 5) is 10.1. The van der Waals surface area contributed by atoms with Gasteiger partial charge in [0.2, 0.25) is 0 Å². The van der Waals surface area contributed by atoms with E-state index in [9.17, 15) is 10.1 Å². The van der Waals surface area contributed by atoms with Gasteiger partial charge in [-0.3, -0.25) is 10.1 Å². The van der Waals surface area contributed by atoms with Crippen molar-refractivity contribution in [2.24, 2.45) is 0 Å². The third kappa shape index (κ3) is 3.92. The Morgan fingerprint density at radius 1 is 1.59 bits per heavy atom. The third-order valence-electron chi connectivity index (χ3n) is 2.44. The van der Waals surface area contributed by atoms with Crippen molar-refractivity contribution in [2.75, 3.05) is 17.7 Å². The van der Waals surface area contributed by atoms with E-state index < -0.39 is 4.92 Å². The predicted octanol–water partition coefficient (Wildman–Crippen LogP) is 1.75. The number of non-ortho nitro benzene ring substituents is 1. The number of benzene rings is 1. The Morgan fingerprint density at radius 2 is 2.29 bits per heavy atom. The Balaban J connectivity index is 2.69. The van der Waals surface area contributed by atoms with Crippen LogP contribution in [0.3, 0.4) is 0 Å². The number of aliphatic hydroxyl groups is 1. The van der Waals surface area contributed by atoms with Gasteiger partial charge in [0.05, 0.1) is 16.3 Å². The molecule has 1 atom stereocenters. The van der Waals surface area contributed by atoms with E-state index in [4.69, 9.17) is 10.8 Å². The van der Waals surface area contributed by atoms with Crippen LogP contribution in [-0.2, 0) is 0 Å². The molecule has 17 heavy (non-hydrogen) atoms. The number of hydrogen-bond acceptors (Lipinski definition) is 5. The lowest BCUT2D eigenvalue weighted by Crippen LogP contribution is -2.16. The minimum absolute atomic E-state index is 0.0175. The maximum absolute atomic E-state index is 10.5. The van der Waals surface area contributed by atoms with Gasteiger partial charge in [-0.15, -0.1) is 0 Å². The zero-order valence-corrected chi connectivity index (χ0v) is 9.72. The van der Waals surface area contributed by atoms with E-state index in [1.165, 1.54) is 12.1 Å². The number of nitrogens with one attached hydrogen (secondary N) is 1. The summed E-state index contributed by atoms with van der Waals surface area (Å²) in [6, 6.07) is 4.51. The van der Waals surface area contributed by atoms with Crippen molar-refractivity contribution in [3.05, 3.63) is 28.3 Å². The maximum Gasteiger partial charge on any atom is 0.271 e. The largest absolute Gasteiger partial charge is 0.397 e. The Hall–Kier alpha value is -1.82. The molecule has 0 amide bonds. The molecule has 1 rings (SSSR count). The van der Waals surface area contributed by atoms with Gasteiger partial charge in [0.25, 0.3) is 5.69 Å².